The number of halogens is 3. The van der Waals surface area contributed by atoms with Crippen molar-refractivity contribution in [1.82, 2.24) is 10.3 Å². The van der Waals surface area contributed by atoms with Crippen molar-refractivity contribution in [3.05, 3.63) is 16.1 Å². The molecule has 1 rings (SSSR count). The SMILES string of the molecule is CNC(c1cnc(C(F)(F)F)s1)C(C)C. The summed E-state index contributed by atoms with van der Waals surface area (Å²) in [6, 6.07) is -0.0707. The lowest BCUT2D eigenvalue weighted by Crippen LogP contribution is -2.20. The van der Waals surface area contributed by atoms with Gasteiger partial charge < -0.3 is 5.32 Å². The van der Waals surface area contributed by atoms with E-state index in [0.717, 1.165) is 0 Å². The van der Waals surface area contributed by atoms with Gasteiger partial charge in [-0.05, 0) is 13.0 Å². The molecule has 1 unspecified atom stereocenters. The zero-order chi connectivity index (χ0) is 11.6. The smallest absolute Gasteiger partial charge is 0.312 e. The van der Waals surface area contributed by atoms with Crippen LogP contribution in [0.4, 0.5) is 13.2 Å². The molecule has 0 amide bonds. The molecule has 1 aromatic rings. The fourth-order valence-electron chi connectivity index (χ4n) is 1.37. The molecule has 0 spiro atoms. The highest BCUT2D eigenvalue weighted by Gasteiger charge is 2.35. The van der Waals surface area contributed by atoms with Gasteiger partial charge in [0.1, 0.15) is 0 Å². The Hall–Kier alpha value is -0.620. The summed E-state index contributed by atoms with van der Waals surface area (Å²) in [4.78, 5) is 4.02. The highest BCUT2D eigenvalue weighted by atomic mass is 32.1. The molecule has 0 aromatic carbocycles. The second-order valence-corrected chi connectivity index (χ2v) is 4.64. The van der Waals surface area contributed by atoms with Crippen molar-refractivity contribution in [3.8, 4) is 0 Å². The highest BCUT2D eigenvalue weighted by Crippen LogP contribution is 2.35. The van der Waals surface area contributed by atoms with Gasteiger partial charge in [-0.15, -0.1) is 11.3 Å². The first-order chi connectivity index (χ1) is 6.86. The Kier molecular flexibility index (Phi) is 3.72. The lowest BCUT2D eigenvalue weighted by molar-refractivity contribution is -0.137. The fraction of sp³-hybridized carbons (Fsp3) is 0.667. The van der Waals surface area contributed by atoms with Crippen LogP contribution in [0, 0.1) is 5.92 Å². The van der Waals surface area contributed by atoms with Crippen LogP contribution in [0.3, 0.4) is 0 Å². The van der Waals surface area contributed by atoms with Crippen molar-refractivity contribution in [2.45, 2.75) is 26.1 Å². The minimum Gasteiger partial charge on any atom is -0.312 e. The third-order valence-electron chi connectivity index (χ3n) is 2.05. The van der Waals surface area contributed by atoms with Gasteiger partial charge in [-0.3, -0.25) is 0 Å². The molecule has 15 heavy (non-hydrogen) atoms. The van der Waals surface area contributed by atoms with E-state index in [1.807, 2.05) is 13.8 Å². The first kappa shape index (κ1) is 12.4. The van der Waals surface area contributed by atoms with Crippen molar-refractivity contribution in [2.24, 2.45) is 5.92 Å². The van der Waals surface area contributed by atoms with Gasteiger partial charge in [0.15, 0.2) is 5.01 Å². The van der Waals surface area contributed by atoms with E-state index in [9.17, 15) is 13.2 Å². The summed E-state index contributed by atoms with van der Waals surface area (Å²) in [6.45, 7) is 3.91. The summed E-state index contributed by atoms with van der Waals surface area (Å²) in [6.07, 6.45) is -3.03. The maximum Gasteiger partial charge on any atom is 0.443 e. The zero-order valence-electron chi connectivity index (χ0n) is 8.72. The molecule has 0 fully saturated rings. The van der Waals surface area contributed by atoms with Crippen LogP contribution in [0.1, 0.15) is 29.8 Å². The summed E-state index contributed by atoms with van der Waals surface area (Å²) in [5.41, 5.74) is 0. The average Bonchev–Trinajstić information content (AvgIpc) is 2.52. The van der Waals surface area contributed by atoms with Gasteiger partial charge in [0.05, 0.1) is 0 Å². The maximum absolute atomic E-state index is 12.3. The number of hydrogen-bond acceptors (Lipinski definition) is 3. The molecule has 0 aliphatic heterocycles. The number of hydrogen-bond donors (Lipinski definition) is 1. The summed E-state index contributed by atoms with van der Waals surface area (Å²) in [7, 11) is 1.73. The number of alkyl halides is 3. The molecule has 0 aliphatic rings. The van der Waals surface area contributed by atoms with E-state index in [0.29, 0.717) is 16.2 Å². The molecule has 0 radical (unpaired) electrons. The predicted molar refractivity (Wildman–Crippen MR) is 53.8 cm³/mol. The van der Waals surface area contributed by atoms with Crippen molar-refractivity contribution in [1.29, 1.82) is 0 Å². The number of thiazole rings is 1. The van der Waals surface area contributed by atoms with Crippen LogP contribution < -0.4 is 5.32 Å². The third kappa shape index (κ3) is 2.92. The second-order valence-electron chi connectivity index (χ2n) is 3.58. The Morgan fingerprint density at radius 3 is 2.33 bits per heavy atom. The van der Waals surface area contributed by atoms with Crippen LogP contribution in [-0.4, -0.2) is 12.0 Å². The molecule has 0 saturated heterocycles. The minimum atomic E-state index is -4.34. The van der Waals surface area contributed by atoms with E-state index in [4.69, 9.17) is 0 Å². The maximum atomic E-state index is 12.3. The van der Waals surface area contributed by atoms with E-state index >= 15 is 0 Å². The largest absolute Gasteiger partial charge is 0.443 e. The lowest BCUT2D eigenvalue weighted by Gasteiger charge is -2.17. The molecule has 2 nitrogen and oxygen atoms in total. The Labute approximate surface area is 90.5 Å². The molecule has 86 valence electrons. The van der Waals surface area contributed by atoms with E-state index < -0.39 is 11.2 Å². The molecule has 1 N–H and O–H groups in total. The van der Waals surface area contributed by atoms with Gasteiger partial charge in [0.25, 0.3) is 0 Å². The summed E-state index contributed by atoms with van der Waals surface area (Å²) in [5, 5.41) is 2.21. The van der Waals surface area contributed by atoms with Gasteiger partial charge in [-0.1, -0.05) is 13.8 Å². The number of aromatic nitrogens is 1. The summed E-state index contributed by atoms with van der Waals surface area (Å²) >= 11 is 0.702. The zero-order valence-corrected chi connectivity index (χ0v) is 9.54. The summed E-state index contributed by atoms with van der Waals surface area (Å²) < 4.78 is 36.9. The van der Waals surface area contributed by atoms with E-state index in [1.165, 1.54) is 6.20 Å². The van der Waals surface area contributed by atoms with Gasteiger partial charge >= 0.3 is 6.18 Å². The van der Waals surface area contributed by atoms with Gasteiger partial charge in [-0.25, -0.2) is 4.98 Å². The molecule has 1 aromatic heterocycles. The van der Waals surface area contributed by atoms with Crippen molar-refractivity contribution in [2.75, 3.05) is 7.05 Å². The average molecular weight is 238 g/mol. The fourth-order valence-corrected chi connectivity index (χ4v) is 2.43. The van der Waals surface area contributed by atoms with Crippen molar-refractivity contribution >= 4 is 11.3 Å². The molecule has 1 heterocycles. The van der Waals surface area contributed by atoms with Gasteiger partial charge in [0, 0.05) is 17.1 Å². The van der Waals surface area contributed by atoms with Crippen LogP contribution in [0.5, 0.6) is 0 Å². The van der Waals surface area contributed by atoms with E-state index in [2.05, 4.69) is 10.3 Å². The second kappa shape index (κ2) is 4.49. The first-order valence-corrected chi connectivity index (χ1v) is 5.38. The number of nitrogens with one attached hydrogen (secondary N) is 1. The molecule has 6 heteroatoms. The normalized spacial score (nSPS) is 14.6. The first-order valence-electron chi connectivity index (χ1n) is 4.56. The molecule has 0 bridgehead atoms. The molecule has 1 atom stereocenters. The number of nitrogens with zero attached hydrogens (tertiary/aromatic N) is 1. The van der Waals surface area contributed by atoms with Gasteiger partial charge in [0.2, 0.25) is 0 Å². The minimum absolute atomic E-state index is 0.0707. The lowest BCUT2D eigenvalue weighted by atomic mass is 10.0. The molecular weight excluding hydrogens is 225 g/mol. The molecule has 0 saturated carbocycles. The molecule has 0 aliphatic carbocycles. The Balaban J connectivity index is 2.92. The van der Waals surface area contributed by atoms with E-state index in [1.54, 1.807) is 7.05 Å². The topological polar surface area (TPSA) is 24.9 Å². The standard InChI is InChI=1S/C9H13F3N2S/c1-5(2)7(13-3)6-4-14-8(15-6)9(10,11)12/h4-5,7,13H,1-3H3. The quantitative estimate of drug-likeness (QED) is 0.875. The van der Waals surface area contributed by atoms with Crippen LogP contribution in [-0.2, 0) is 6.18 Å². The Morgan fingerprint density at radius 2 is 2.00 bits per heavy atom. The van der Waals surface area contributed by atoms with Crippen LogP contribution in [0.15, 0.2) is 6.20 Å². The summed E-state index contributed by atoms with van der Waals surface area (Å²) in [5.74, 6) is 0.233. The van der Waals surface area contributed by atoms with E-state index in [-0.39, 0.29) is 12.0 Å². The van der Waals surface area contributed by atoms with Crippen LogP contribution in [0.25, 0.3) is 0 Å². The van der Waals surface area contributed by atoms with Crippen LogP contribution >= 0.6 is 11.3 Å². The van der Waals surface area contributed by atoms with Gasteiger partial charge in [-0.2, -0.15) is 13.2 Å². The number of rotatable bonds is 3. The molecular formula is C9H13F3N2S. The Bertz CT molecular complexity index is 319. The highest BCUT2D eigenvalue weighted by molar-refractivity contribution is 7.11. The predicted octanol–water partition coefficient (Wildman–Crippen LogP) is 3.08. The van der Waals surface area contributed by atoms with Crippen molar-refractivity contribution in [3.63, 3.8) is 0 Å². The monoisotopic (exact) mass is 238 g/mol. The van der Waals surface area contributed by atoms with Crippen LogP contribution in [0.2, 0.25) is 0 Å². The third-order valence-corrected chi connectivity index (χ3v) is 3.18. The Morgan fingerprint density at radius 1 is 1.40 bits per heavy atom. The van der Waals surface area contributed by atoms with Crippen molar-refractivity contribution < 1.29 is 13.2 Å².